The minimum Gasteiger partial charge on any atom is -0.322 e. The number of aryl methyl sites for hydroxylation is 1. The van der Waals surface area contributed by atoms with Crippen molar-refractivity contribution in [1.29, 1.82) is 0 Å². The zero-order valence-corrected chi connectivity index (χ0v) is 21.5. The third kappa shape index (κ3) is 6.27. The van der Waals surface area contributed by atoms with Gasteiger partial charge in [-0.25, -0.2) is 0 Å². The molecule has 0 atom stereocenters. The lowest BCUT2D eigenvalue weighted by atomic mass is 10.0. The molecule has 0 aliphatic rings. The van der Waals surface area contributed by atoms with Gasteiger partial charge in [0.25, 0.3) is 36.3 Å². The van der Waals surface area contributed by atoms with Crippen LogP contribution in [0.2, 0.25) is 0 Å². The molecule has 0 saturated carbocycles. The van der Waals surface area contributed by atoms with Gasteiger partial charge in [-0.2, -0.15) is 25.3 Å². The van der Waals surface area contributed by atoms with Crippen molar-refractivity contribution < 1.29 is 48.5 Å². The Morgan fingerprint density at radius 3 is 1.70 bits per heavy atom. The first-order chi connectivity index (χ1) is 16.9. The molecule has 0 spiro atoms. The summed E-state index contributed by atoms with van der Waals surface area (Å²) in [7, 11) is -14.8. The molecule has 15 heteroatoms. The van der Waals surface area contributed by atoms with Gasteiger partial charge in [0.1, 0.15) is 14.7 Å². The van der Waals surface area contributed by atoms with Crippen molar-refractivity contribution in [2.24, 2.45) is 0 Å². The Hall–Kier alpha value is -3.47. The quantitative estimate of drug-likeness (QED) is 0.240. The molecule has 0 radical (unpaired) electrons. The van der Waals surface area contributed by atoms with E-state index >= 15 is 0 Å². The van der Waals surface area contributed by atoms with Crippen LogP contribution in [0.1, 0.15) is 33.2 Å². The second kappa shape index (κ2) is 9.77. The van der Waals surface area contributed by atoms with Gasteiger partial charge in [0.05, 0.1) is 5.56 Å². The lowest BCUT2D eigenvalue weighted by Crippen LogP contribution is -2.17. The second-order valence-electron chi connectivity index (χ2n) is 7.86. The fraction of sp³-hybridized carbons (Fsp3) is 0.0909. The van der Waals surface area contributed by atoms with Gasteiger partial charge < -0.3 is 5.32 Å². The summed E-state index contributed by atoms with van der Waals surface area (Å²) >= 11 is 0. The van der Waals surface area contributed by atoms with Gasteiger partial charge in [-0.15, -0.1) is 0 Å². The highest BCUT2D eigenvalue weighted by Crippen LogP contribution is 2.35. The second-order valence-corrected chi connectivity index (χ2v) is 12.0. The van der Waals surface area contributed by atoms with Crippen molar-refractivity contribution >= 4 is 47.7 Å². The molecule has 0 unspecified atom stereocenters. The SMILES string of the molecule is CC(=O)c1ccc(C(=O)Nc2ccc(-c3ccc(C)cc3S(=O)(=O)O)c(S(=O)(=O)O)c2)c(S(=O)(=O)O)c1. The lowest BCUT2D eigenvalue weighted by molar-refractivity contribution is 0.100. The summed E-state index contributed by atoms with van der Waals surface area (Å²) < 4.78 is 101. The van der Waals surface area contributed by atoms with Gasteiger partial charge in [-0.05, 0) is 49.7 Å². The van der Waals surface area contributed by atoms with Gasteiger partial charge in [-0.3, -0.25) is 23.2 Å². The summed E-state index contributed by atoms with van der Waals surface area (Å²) in [5, 5.41) is 2.22. The van der Waals surface area contributed by atoms with Crippen molar-refractivity contribution in [3.63, 3.8) is 0 Å². The number of anilines is 1. The summed E-state index contributed by atoms with van der Waals surface area (Å²) in [4.78, 5) is 22.0. The van der Waals surface area contributed by atoms with Crippen LogP contribution in [0.5, 0.6) is 0 Å². The normalized spacial score (nSPS) is 12.2. The minimum absolute atomic E-state index is 0.102. The van der Waals surface area contributed by atoms with Crippen molar-refractivity contribution in [2.75, 3.05) is 5.32 Å². The molecule has 3 aromatic carbocycles. The number of carbonyl (C=O) groups is 2. The Balaban J connectivity index is 2.15. The van der Waals surface area contributed by atoms with E-state index in [0.29, 0.717) is 5.56 Å². The summed E-state index contributed by atoms with van der Waals surface area (Å²) in [6, 6.07) is 9.64. The fourth-order valence-electron chi connectivity index (χ4n) is 3.44. The van der Waals surface area contributed by atoms with Crippen LogP contribution >= 0.6 is 0 Å². The molecule has 0 aliphatic carbocycles. The van der Waals surface area contributed by atoms with E-state index in [1.807, 2.05) is 0 Å². The number of Topliss-reactive ketones (excluding diaryl/α,β-unsaturated/α-hetero) is 1. The van der Waals surface area contributed by atoms with Gasteiger partial charge in [0, 0.05) is 22.4 Å². The van der Waals surface area contributed by atoms with Crippen LogP contribution in [0.15, 0.2) is 69.3 Å². The van der Waals surface area contributed by atoms with E-state index in [1.54, 1.807) is 0 Å². The number of rotatable bonds is 7. The van der Waals surface area contributed by atoms with Gasteiger partial charge in [0.15, 0.2) is 5.78 Å². The zero-order valence-electron chi connectivity index (χ0n) is 19.0. The number of benzene rings is 3. The fourth-order valence-corrected chi connectivity index (χ4v) is 5.68. The highest BCUT2D eigenvalue weighted by molar-refractivity contribution is 7.86. The molecule has 12 nitrogen and oxygen atoms in total. The Kier molecular flexibility index (Phi) is 7.42. The Bertz CT molecular complexity index is 1780. The van der Waals surface area contributed by atoms with Gasteiger partial charge in [0.2, 0.25) is 0 Å². The average molecular weight is 570 g/mol. The maximum absolute atomic E-state index is 12.8. The molecule has 0 heterocycles. The number of ketones is 1. The summed E-state index contributed by atoms with van der Waals surface area (Å²) in [5.74, 6) is -1.66. The van der Waals surface area contributed by atoms with Crippen molar-refractivity contribution in [3.05, 3.63) is 71.3 Å². The molecule has 0 aliphatic heterocycles. The van der Waals surface area contributed by atoms with Crippen LogP contribution < -0.4 is 5.32 Å². The number of amides is 1. The van der Waals surface area contributed by atoms with E-state index in [1.165, 1.54) is 19.1 Å². The number of nitrogens with one attached hydrogen (secondary N) is 1. The topological polar surface area (TPSA) is 209 Å². The Labute approximate surface area is 212 Å². The minimum atomic E-state index is -5.02. The van der Waals surface area contributed by atoms with Crippen LogP contribution in [0.3, 0.4) is 0 Å². The van der Waals surface area contributed by atoms with Gasteiger partial charge >= 0.3 is 0 Å². The summed E-state index contributed by atoms with van der Waals surface area (Å²) in [5.41, 5.74) is -1.09. The standard InChI is InChI=1S/C22H19NO11S3/c1-12-3-6-16(19(9-12)35(26,27)28)17-8-5-15(11-21(17)37(32,33)34)23-22(25)18-7-4-14(13(2)24)10-20(18)36(29,30)31/h3-11H,1-2H3,(H,23,25)(H,26,27,28)(H,29,30,31)(H,32,33,34). The van der Waals surface area contributed by atoms with Crippen molar-refractivity contribution in [2.45, 2.75) is 28.5 Å². The third-order valence-electron chi connectivity index (χ3n) is 5.13. The molecular formula is C22H19NO11S3. The maximum atomic E-state index is 12.8. The predicted octanol–water partition coefficient (Wildman–Crippen LogP) is 2.86. The number of carbonyl (C=O) groups excluding carboxylic acids is 2. The molecule has 1 amide bonds. The summed E-state index contributed by atoms with van der Waals surface area (Å²) in [6.07, 6.45) is 0. The molecule has 0 saturated heterocycles. The molecule has 0 bridgehead atoms. The predicted molar refractivity (Wildman–Crippen MR) is 130 cm³/mol. The van der Waals surface area contributed by atoms with Crippen LogP contribution in [-0.2, 0) is 30.4 Å². The third-order valence-corrected chi connectivity index (χ3v) is 7.81. The van der Waals surface area contributed by atoms with Crippen LogP contribution in [-0.4, -0.2) is 50.6 Å². The van der Waals surface area contributed by atoms with Crippen molar-refractivity contribution in [1.82, 2.24) is 0 Å². The van der Waals surface area contributed by atoms with Crippen LogP contribution in [0.4, 0.5) is 5.69 Å². The van der Waals surface area contributed by atoms with E-state index in [2.05, 4.69) is 5.32 Å². The lowest BCUT2D eigenvalue weighted by Gasteiger charge is -2.14. The maximum Gasteiger partial charge on any atom is 0.295 e. The van der Waals surface area contributed by atoms with Crippen molar-refractivity contribution in [3.8, 4) is 11.1 Å². The molecule has 3 aromatic rings. The molecule has 0 aromatic heterocycles. The van der Waals surface area contributed by atoms with E-state index in [0.717, 1.165) is 49.4 Å². The average Bonchev–Trinajstić information content (AvgIpc) is 2.77. The van der Waals surface area contributed by atoms with Crippen LogP contribution in [0, 0.1) is 6.92 Å². The summed E-state index contributed by atoms with van der Waals surface area (Å²) in [6.45, 7) is 2.67. The first-order valence-electron chi connectivity index (χ1n) is 10.0. The Morgan fingerprint density at radius 2 is 1.19 bits per heavy atom. The highest BCUT2D eigenvalue weighted by atomic mass is 32.2. The Morgan fingerprint density at radius 1 is 0.676 bits per heavy atom. The largest absolute Gasteiger partial charge is 0.322 e. The first kappa shape index (κ1) is 28.1. The molecule has 4 N–H and O–H groups in total. The van der Waals surface area contributed by atoms with E-state index in [-0.39, 0.29) is 22.4 Å². The smallest absolute Gasteiger partial charge is 0.295 e. The monoisotopic (exact) mass is 569 g/mol. The number of hydrogen-bond acceptors (Lipinski definition) is 8. The molecular weight excluding hydrogens is 550 g/mol. The van der Waals surface area contributed by atoms with E-state index < -0.39 is 62.3 Å². The first-order valence-corrected chi connectivity index (χ1v) is 14.4. The number of hydrogen-bond donors (Lipinski definition) is 4. The van der Waals surface area contributed by atoms with E-state index in [4.69, 9.17) is 0 Å². The molecule has 37 heavy (non-hydrogen) atoms. The molecule has 0 fully saturated rings. The van der Waals surface area contributed by atoms with E-state index in [9.17, 15) is 48.5 Å². The zero-order chi connectivity index (χ0) is 27.9. The molecule has 196 valence electrons. The van der Waals surface area contributed by atoms with Gasteiger partial charge in [-0.1, -0.05) is 24.3 Å². The van der Waals surface area contributed by atoms with Crippen LogP contribution in [0.25, 0.3) is 11.1 Å². The highest BCUT2D eigenvalue weighted by Gasteiger charge is 2.26. The molecule has 3 rings (SSSR count).